The number of nitrogens with zero attached hydrogens (tertiary/aromatic N) is 4. The van der Waals surface area contributed by atoms with Crippen LogP contribution in [0.5, 0.6) is 11.5 Å². The highest BCUT2D eigenvalue weighted by Gasteiger charge is 2.22. The predicted octanol–water partition coefficient (Wildman–Crippen LogP) is 2.98. The second kappa shape index (κ2) is 10.3. The van der Waals surface area contributed by atoms with Gasteiger partial charge in [-0.15, -0.1) is 0 Å². The second-order valence-electron chi connectivity index (χ2n) is 8.73. The van der Waals surface area contributed by atoms with Crippen molar-refractivity contribution in [1.82, 2.24) is 20.1 Å². The van der Waals surface area contributed by atoms with Crippen molar-refractivity contribution in [2.24, 2.45) is 10.9 Å². The standard InChI is InChI=1S/C24H35N5O3/c1-17-18(2)32-23(27-17)16-29-9-7-19(8-10-29)14-26-24(25-3)28(4)15-20-5-6-21-22(13-20)31-12-11-30-21/h5-6,13,19H,7-12,14-16H2,1-4H3,(H,25,26). The SMILES string of the molecule is CN=C(NCC1CCN(Cc2nc(C)c(C)o2)CC1)N(C)Cc1ccc2c(c1)OCCO2. The van der Waals surface area contributed by atoms with Crippen molar-refractivity contribution in [3.63, 3.8) is 0 Å². The lowest BCUT2D eigenvalue weighted by Gasteiger charge is -2.32. The highest BCUT2D eigenvalue weighted by atomic mass is 16.6. The minimum Gasteiger partial charge on any atom is -0.486 e. The van der Waals surface area contributed by atoms with E-state index < -0.39 is 0 Å². The first-order valence-electron chi connectivity index (χ1n) is 11.5. The van der Waals surface area contributed by atoms with Crippen molar-refractivity contribution in [3.05, 3.63) is 41.1 Å². The molecule has 1 fully saturated rings. The molecule has 0 saturated carbocycles. The quantitative estimate of drug-likeness (QED) is 0.546. The number of benzene rings is 1. The van der Waals surface area contributed by atoms with Gasteiger partial charge in [-0.05, 0) is 63.4 Å². The van der Waals surface area contributed by atoms with E-state index in [1.54, 1.807) is 0 Å². The van der Waals surface area contributed by atoms with Gasteiger partial charge in [0.25, 0.3) is 0 Å². The fourth-order valence-corrected chi connectivity index (χ4v) is 4.30. The number of ether oxygens (including phenoxy) is 2. The fraction of sp³-hybridized carbons (Fsp3) is 0.583. The van der Waals surface area contributed by atoms with E-state index in [-0.39, 0.29) is 0 Å². The summed E-state index contributed by atoms with van der Waals surface area (Å²) in [5.74, 6) is 4.95. The number of oxazole rings is 1. The first-order chi connectivity index (χ1) is 15.5. The molecule has 0 atom stereocenters. The van der Waals surface area contributed by atoms with Gasteiger partial charge in [0.2, 0.25) is 5.89 Å². The molecule has 1 aromatic carbocycles. The van der Waals surface area contributed by atoms with Gasteiger partial charge in [-0.25, -0.2) is 4.98 Å². The Labute approximate surface area is 190 Å². The Bertz CT molecular complexity index is 914. The summed E-state index contributed by atoms with van der Waals surface area (Å²) in [5.41, 5.74) is 2.16. The number of likely N-dealkylation sites (tertiary alicyclic amines) is 1. The summed E-state index contributed by atoms with van der Waals surface area (Å²) in [6.07, 6.45) is 2.32. The molecular formula is C24H35N5O3. The summed E-state index contributed by atoms with van der Waals surface area (Å²) in [7, 11) is 3.90. The highest BCUT2D eigenvalue weighted by Crippen LogP contribution is 2.31. The molecule has 2 aliphatic rings. The molecule has 1 N–H and O–H groups in total. The maximum absolute atomic E-state index is 5.74. The molecule has 8 nitrogen and oxygen atoms in total. The van der Waals surface area contributed by atoms with Gasteiger partial charge in [-0.3, -0.25) is 9.89 Å². The van der Waals surface area contributed by atoms with Gasteiger partial charge in [0, 0.05) is 27.2 Å². The summed E-state index contributed by atoms with van der Waals surface area (Å²) < 4.78 is 17.1. The van der Waals surface area contributed by atoms with Crippen LogP contribution >= 0.6 is 0 Å². The lowest BCUT2D eigenvalue weighted by molar-refractivity contribution is 0.163. The highest BCUT2D eigenvalue weighted by molar-refractivity contribution is 5.79. The molecule has 32 heavy (non-hydrogen) atoms. The van der Waals surface area contributed by atoms with E-state index in [9.17, 15) is 0 Å². The third-order valence-corrected chi connectivity index (χ3v) is 6.29. The zero-order valence-corrected chi connectivity index (χ0v) is 19.7. The maximum atomic E-state index is 5.74. The zero-order valence-electron chi connectivity index (χ0n) is 19.7. The molecule has 3 heterocycles. The van der Waals surface area contributed by atoms with E-state index in [2.05, 4.69) is 44.3 Å². The number of aryl methyl sites for hydroxylation is 2. The lowest BCUT2D eigenvalue weighted by Crippen LogP contribution is -2.43. The third kappa shape index (κ3) is 5.54. The van der Waals surface area contributed by atoms with Crippen LogP contribution in [0.25, 0.3) is 0 Å². The number of aromatic nitrogens is 1. The normalized spacial score (nSPS) is 17.4. The summed E-state index contributed by atoms with van der Waals surface area (Å²) in [6, 6.07) is 6.14. The first-order valence-corrected chi connectivity index (χ1v) is 11.5. The van der Waals surface area contributed by atoms with E-state index in [1.165, 1.54) is 5.56 Å². The molecule has 8 heteroatoms. The monoisotopic (exact) mass is 441 g/mol. The van der Waals surface area contributed by atoms with Gasteiger partial charge in [-0.1, -0.05) is 6.07 Å². The molecule has 0 aliphatic carbocycles. The van der Waals surface area contributed by atoms with Crippen molar-refractivity contribution in [2.75, 3.05) is 46.9 Å². The van der Waals surface area contributed by atoms with Crippen LogP contribution in [0.4, 0.5) is 0 Å². The van der Waals surface area contributed by atoms with Crippen molar-refractivity contribution in [2.45, 2.75) is 39.8 Å². The molecule has 0 unspecified atom stereocenters. The summed E-state index contributed by atoms with van der Waals surface area (Å²) >= 11 is 0. The lowest BCUT2D eigenvalue weighted by atomic mass is 9.97. The van der Waals surface area contributed by atoms with Crippen molar-refractivity contribution in [3.8, 4) is 11.5 Å². The van der Waals surface area contributed by atoms with E-state index in [1.807, 2.05) is 27.0 Å². The number of guanidine groups is 1. The molecule has 0 radical (unpaired) electrons. The Morgan fingerprint density at radius 1 is 1.19 bits per heavy atom. The van der Waals surface area contributed by atoms with E-state index >= 15 is 0 Å². The van der Waals surface area contributed by atoms with Crippen LogP contribution in [0.2, 0.25) is 0 Å². The van der Waals surface area contributed by atoms with E-state index in [0.717, 1.165) is 80.4 Å². The van der Waals surface area contributed by atoms with Crippen molar-refractivity contribution in [1.29, 1.82) is 0 Å². The van der Waals surface area contributed by atoms with Crippen LogP contribution in [-0.2, 0) is 13.1 Å². The number of hydrogen-bond donors (Lipinski definition) is 1. The number of fused-ring (bicyclic) bond motifs is 1. The molecule has 2 aromatic rings. The number of hydrogen-bond acceptors (Lipinski definition) is 6. The largest absolute Gasteiger partial charge is 0.486 e. The smallest absolute Gasteiger partial charge is 0.208 e. The van der Waals surface area contributed by atoms with Gasteiger partial charge < -0.3 is 24.1 Å². The van der Waals surface area contributed by atoms with Crippen LogP contribution in [-0.4, -0.2) is 67.7 Å². The van der Waals surface area contributed by atoms with Gasteiger partial charge in [0.05, 0.1) is 12.2 Å². The minimum absolute atomic E-state index is 0.603. The number of nitrogens with one attached hydrogen (secondary N) is 1. The average Bonchev–Trinajstić information content (AvgIpc) is 3.11. The molecule has 1 aromatic heterocycles. The number of rotatable bonds is 6. The molecule has 174 valence electrons. The molecule has 0 bridgehead atoms. The molecule has 2 aliphatic heterocycles. The number of aliphatic imine (C=N–C) groups is 1. The van der Waals surface area contributed by atoms with Crippen LogP contribution in [0.15, 0.2) is 27.6 Å². The van der Waals surface area contributed by atoms with Crippen LogP contribution in [0, 0.1) is 19.8 Å². The molecule has 1 saturated heterocycles. The van der Waals surface area contributed by atoms with Crippen molar-refractivity contribution < 1.29 is 13.9 Å². The molecule has 0 spiro atoms. The van der Waals surface area contributed by atoms with Gasteiger partial charge in [-0.2, -0.15) is 0 Å². The summed E-state index contributed by atoms with van der Waals surface area (Å²) in [5, 5.41) is 3.57. The second-order valence-corrected chi connectivity index (χ2v) is 8.73. The Hall–Kier alpha value is -2.74. The van der Waals surface area contributed by atoms with Crippen LogP contribution < -0.4 is 14.8 Å². The Morgan fingerprint density at radius 2 is 1.94 bits per heavy atom. The molecule has 4 rings (SSSR count). The Balaban J connectivity index is 1.22. The molecular weight excluding hydrogens is 406 g/mol. The van der Waals surface area contributed by atoms with Gasteiger partial charge in [0.1, 0.15) is 19.0 Å². The van der Waals surface area contributed by atoms with E-state index in [4.69, 9.17) is 13.9 Å². The zero-order chi connectivity index (χ0) is 22.5. The average molecular weight is 442 g/mol. The van der Waals surface area contributed by atoms with Crippen molar-refractivity contribution >= 4 is 5.96 Å². The van der Waals surface area contributed by atoms with Crippen LogP contribution in [0.3, 0.4) is 0 Å². The summed E-state index contributed by atoms with van der Waals surface area (Å²) in [6.45, 7) is 9.81. The van der Waals surface area contributed by atoms with E-state index in [0.29, 0.717) is 19.1 Å². The minimum atomic E-state index is 0.603. The number of piperidine rings is 1. The Morgan fingerprint density at radius 3 is 2.62 bits per heavy atom. The third-order valence-electron chi connectivity index (χ3n) is 6.29. The van der Waals surface area contributed by atoms with Gasteiger partial charge in [0.15, 0.2) is 17.5 Å². The van der Waals surface area contributed by atoms with Crippen LogP contribution in [0.1, 0.15) is 35.7 Å². The Kier molecular flexibility index (Phi) is 7.19. The maximum Gasteiger partial charge on any atom is 0.208 e. The van der Waals surface area contributed by atoms with Gasteiger partial charge >= 0.3 is 0 Å². The fourth-order valence-electron chi connectivity index (χ4n) is 4.30. The predicted molar refractivity (Wildman–Crippen MR) is 124 cm³/mol. The summed E-state index contributed by atoms with van der Waals surface area (Å²) in [4.78, 5) is 13.6. The molecule has 0 amide bonds. The first kappa shape index (κ1) is 22.5. The topological polar surface area (TPSA) is 75.4 Å².